The Hall–Kier alpha value is -1.32. The Bertz CT molecular complexity index is 293. The molecule has 0 aromatic heterocycles. The monoisotopic (exact) mass is 224 g/mol. The predicted octanol–water partition coefficient (Wildman–Crippen LogP) is 1.08. The third kappa shape index (κ3) is 2.84. The van der Waals surface area contributed by atoms with Gasteiger partial charge < -0.3 is 10.2 Å². The molecule has 1 saturated carbocycles. The fraction of sp³-hybridized carbons (Fsp3) is 0.667. The lowest BCUT2D eigenvalue weighted by Gasteiger charge is -2.44. The standard InChI is InChI=1S/C12H20N2O2/c1-5-12(16)13-10-6-11(7-10)14(8(2)3)9(4)15/h5,8,10-11H,1,6-7H2,2-4H3,(H,13,16). The van der Waals surface area contributed by atoms with Crippen molar-refractivity contribution in [2.24, 2.45) is 0 Å². The second-order valence-corrected chi connectivity index (χ2v) is 4.55. The Kier molecular flexibility index (Phi) is 4.10. The minimum atomic E-state index is -0.137. The summed E-state index contributed by atoms with van der Waals surface area (Å²) < 4.78 is 0. The lowest BCUT2D eigenvalue weighted by atomic mass is 9.84. The average molecular weight is 224 g/mol. The lowest BCUT2D eigenvalue weighted by molar-refractivity contribution is -0.135. The first kappa shape index (κ1) is 12.7. The van der Waals surface area contributed by atoms with Crippen LogP contribution < -0.4 is 5.32 Å². The van der Waals surface area contributed by atoms with E-state index in [9.17, 15) is 9.59 Å². The summed E-state index contributed by atoms with van der Waals surface area (Å²) >= 11 is 0. The minimum absolute atomic E-state index is 0.105. The molecule has 0 aliphatic heterocycles. The zero-order valence-corrected chi connectivity index (χ0v) is 10.2. The molecule has 4 nitrogen and oxygen atoms in total. The van der Waals surface area contributed by atoms with E-state index in [2.05, 4.69) is 11.9 Å². The number of nitrogens with zero attached hydrogens (tertiary/aromatic N) is 1. The first-order valence-corrected chi connectivity index (χ1v) is 5.67. The molecule has 2 amide bonds. The van der Waals surface area contributed by atoms with E-state index >= 15 is 0 Å². The van der Waals surface area contributed by atoms with Gasteiger partial charge in [0.25, 0.3) is 0 Å². The van der Waals surface area contributed by atoms with Gasteiger partial charge in [-0.25, -0.2) is 0 Å². The van der Waals surface area contributed by atoms with E-state index in [4.69, 9.17) is 0 Å². The van der Waals surface area contributed by atoms with Crippen molar-refractivity contribution >= 4 is 11.8 Å². The zero-order chi connectivity index (χ0) is 12.3. The molecule has 1 fully saturated rings. The molecular formula is C12H20N2O2. The summed E-state index contributed by atoms with van der Waals surface area (Å²) in [4.78, 5) is 24.4. The molecule has 0 atom stereocenters. The highest BCUT2D eigenvalue weighted by Gasteiger charge is 2.36. The van der Waals surface area contributed by atoms with Crippen LogP contribution in [0.25, 0.3) is 0 Å². The smallest absolute Gasteiger partial charge is 0.243 e. The second kappa shape index (κ2) is 5.14. The van der Waals surface area contributed by atoms with Crippen molar-refractivity contribution in [1.82, 2.24) is 10.2 Å². The van der Waals surface area contributed by atoms with Crippen molar-refractivity contribution in [1.29, 1.82) is 0 Å². The molecule has 0 radical (unpaired) electrons. The summed E-state index contributed by atoms with van der Waals surface area (Å²) in [5.74, 6) is -0.0316. The third-order valence-corrected chi connectivity index (χ3v) is 2.96. The van der Waals surface area contributed by atoms with E-state index in [0.29, 0.717) is 0 Å². The van der Waals surface area contributed by atoms with Gasteiger partial charge in [-0.3, -0.25) is 9.59 Å². The fourth-order valence-electron chi connectivity index (χ4n) is 2.24. The lowest BCUT2D eigenvalue weighted by Crippen LogP contribution is -2.56. The minimum Gasteiger partial charge on any atom is -0.350 e. The van der Waals surface area contributed by atoms with Crippen LogP contribution in [0.3, 0.4) is 0 Å². The molecule has 0 saturated heterocycles. The van der Waals surface area contributed by atoms with E-state index in [1.54, 1.807) is 6.92 Å². The molecule has 16 heavy (non-hydrogen) atoms. The summed E-state index contributed by atoms with van der Waals surface area (Å²) in [6.07, 6.45) is 2.97. The largest absolute Gasteiger partial charge is 0.350 e. The van der Waals surface area contributed by atoms with Gasteiger partial charge in [0.15, 0.2) is 0 Å². The van der Waals surface area contributed by atoms with Crippen LogP contribution in [0, 0.1) is 0 Å². The van der Waals surface area contributed by atoms with Gasteiger partial charge in [-0.2, -0.15) is 0 Å². The maximum Gasteiger partial charge on any atom is 0.243 e. The van der Waals surface area contributed by atoms with Gasteiger partial charge in [0, 0.05) is 25.0 Å². The normalized spacial score (nSPS) is 23.5. The van der Waals surface area contributed by atoms with E-state index in [1.807, 2.05) is 18.7 Å². The van der Waals surface area contributed by atoms with Crippen molar-refractivity contribution in [3.8, 4) is 0 Å². The molecule has 0 spiro atoms. The van der Waals surface area contributed by atoms with E-state index in [0.717, 1.165) is 12.8 Å². The third-order valence-electron chi connectivity index (χ3n) is 2.96. The van der Waals surface area contributed by atoms with Crippen LogP contribution in [0.5, 0.6) is 0 Å². The van der Waals surface area contributed by atoms with Crippen LogP contribution in [0.2, 0.25) is 0 Å². The Balaban J connectivity index is 2.41. The topological polar surface area (TPSA) is 49.4 Å². The van der Waals surface area contributed by atoms with Crippen molar-refractivity contribution in [3.63, 3.8) is 0 Å². The quantitative estimate of drug-likeness (QED) is 0.726. The van der Waals surface area contributed by atoms with Gasteiger partial charge in [0.1, 0.15) is 0 Å². The van der Waals surface area contributed by atoms with E-state index in [-0.39, 0.29) is 29.9 Å². The number of amides is 2. The van der Waals surface area contributed by atoms with Gasteiger partial charge in [-0.05, 0) is 32.8 Å². The summed E-state index contributed by atoms with van der Waals surface area (Å²) in [6, 6.07) is 0.683. The number of rotatable bonds is 4. The SMILES string of the molecule is C=CC(=O)NC1CC(N(C(C)=O)C(C)C)C1. The summed E-state index contributed by atoms with van der Waals surface area (Å²) in [5.41, 5.74) is 0. The van der Waals surface area contributed by atoms with Gasteiger partial charge >= 0.3 is 0 Å². The molecule has 1 aliphatic carbocycles. The maximum absolute atomic E-state index is 11.4. The average Bonchev–Trinajstić information content (AvgIpc) is 2.12. The highest BCUT2D eigenvalue weighted by molar-refractivity contribution is 5.87. The Morgan fingerprint density at radius 1 is 1.44 bits per heavy atom. The van der Waals surface area contributed by atoms with Crippen molar-refractivity contribution in [2.45, 2.75) is 51.7 Å². The summed E-state index contributed by atoms with van der Waals surface area (Å²) in [7, 11) is 0. The molecule has 1 aliphatic rings. The molecule has 0 heterocycles. The fourth-order valence-corrected chi connectivity index (χ4v) is 2.24. The second-order valence-electron chi connectivity index (χ2n) is 4.55. The van der Waals surface area contributed by atoms with Gasteiger partial charge in [-0.1, -0.05) is 6.58 Å². The van der Waals surface area contributed by atoms with Gasteiger partial charge in [0.2, 0.25) is 11.8 Å². The Morgan fingerprint density at radius 2 is 2.00 bits per heavy atom. The van der Waals surface area contributed by atoms with Crippen molar-refractivity contribution < 1.29 is 9.59 Å². The number of hydrogen-bond donors (Lipinski definition) is 1. The Morgan fingerprint density at radius 3 is 2.38 bits per heavy atom. The number of carbonyl (C=O) groups excluding carboxylic acids is 2. The highest BCUT2D eigenvalue weighted by Crippen LogP contribution is 2.27. The molecule has 0 bridgehead atoms. The number of nitrogens with one attached hydrogen (secondary N) is 1. The van der Waals surface area contributed by atoms with Crippen LogP contribution in [-0.4, -0.2) is 34.8 Å². The highest BCUT2D eigenvalue weighted by atomic mass is 16.2. The zero-order valence-electron chi connectivity index (χ0n) is 10.2. The molecule has 1 N–H and O–H groups in total. The molecule has 0 aromatic rings. The predicted molar refractivity (Wildman–Crippen MR) is 62.8 cm³/mol. The maximum atomic E-state index is 11.4. The molecule has 0 aromatic carbocycles. The molecule has 1 rings (SSSR count). The van der Waals surface area contributed by atoms with Gasteiger partial charge in [-0.15, -0.1) is 0 Å². The van der Waals surface area contributed by atoms with E-state index < -0.39 is 0 Å². The van der Waals surface area contributed by atoms with Gasteiger partial charge in [0.05, 0.1) is 0 Å². The first-order valence-electron chi connectivity index (χ1n) is 5.67. The van der Waals surface area contributed by atoms with Crippen LogP contribution in [0.15, 0.2) is 12.7 Å². The van der Waals surface area contributed by atoms with Crippen LogP contribution in [-0.2, 0) is 9.59 Å². The molecule has 0 unspecified atom stereocenters. The van der Waals surface area contributed by atoms with Crippen molar-refractivity contribution in [3.05, 3.63) is 12.7 Å². The van der Waals surface area contributed by atoms with Crippen LogP contribution in [0.4, 0.5) is 0 Å². The molecular weight excluding hydrogens is 204 g/mol. The van der Waals surface area contributed by atoms with Crippen molar-refractivity contribution in [2.75, 3.05) is 0 Å². The molecule has 4 heteroatoms. The van der Waals surface area contributed by atoms with Crippen LogP contribution >= 0.6 is 0 Å². The summed E-state index contributed by atoms with van der Waals surface area (Å²) in [6.45, 7) is 9.02. The van der Waals surface area contributed by atoms with E-state index in [1.165, 1.54) is 6.08 Å². The summed E-state index contributed by atoms with van der Waals surface area (Å²) in [5, 5.41) is 2.83. The first-order chi connectivity index (χ1) is 7.45. The number of carbonyl (C=O) groups is 2. The number of hydrogen-bond acceptors (Lipinski definition) is 2. The molecule has 90 valence electrons. The van der Waals surface area contributed by atoms with Crippen LogP contribution in [0.1, 0.15) is 33.6 Å². The Labute approximate surface area is 96.7 Å².